The SMILES string of the molecule is CCc1cccc(CC)c1Nc1cccc(NC)c1. The largest absolute Gasteiger partial charge is 0.388 e. The van der Waals surface area contributed by atoms with Gasteiger partial charge in [-0.15, -0.1) is 0 Å². The van der Waals surface area contributed by atoms with E-state index in [4.69, 9.17) is 0 Å². The Morgan fingerprint density at radius 3 is 2.00 bits per heavy atom. The Hall–Kier alpha value is -1.96. The molecule has 0 saturated carbocycles. The molecule has 0 aromatic heterocycles. The molecule has 0 bridgehead atoms. The van der Waals surface area contributed by atoms with E-state index in [1.165, 1.54) is 16.8 Å². The van der Waals surface area contributed by atoms with Crippen LogP contribution >= 0.6 is 0 Å². The summed E-state index contributed by atoms with van der Waals surface area (Å²) >= 11 is 0. The van der Waals surface area contributed by atoms with Crippen LogP contribution in [0.4, 0.5) is 17.1 Å². The van der Waals surface area contributed by atoms with Gasteiger partial charge in [0.2, 0.25) is 0 Å². The number of anilines is 3. The number of benzene rings is 2. The molecule has 2 heteroatoms. The second-order valence-corrected chi connectivity index (χ2v) is 4.61. The summed E-state index contributed by atoms with van der Waals surface area (Å²) in [5, 5.41) is 6.75. The van der Waals surface area contributed by atoms with Gasteiger partial charge in [0.1, 0.15) is 0 Å². The first kappa shape index (κ1) is 13.5. The highest BCUT2D eigenvalue weighted by Crippen LogP contribution is 2.27. The van der Waals surface area contributed by atoms with E-state index in [-0.39, 0.29) is 0 Å². The van der Waals surface area contributed by atoms with Gasteiger partial charge in [0, 0.05) is 24.1 Å². The van der Waals surface area contributed by atoms with Crippen molar-refractivity contribution in [3.05, 3.63) is 53.6 Å². The quantitative estimate of drug-likeness (QED) is 0.815. The first-order valence-corrected chi connectivity index (χ1v) is 6.94. The first-order valence-electron chi connectivity index (χ1n) is 6.94. The lowest BCUT2D eigenvalue weighted by Gasteiger charge is -2.16. The van der Waals surface area contributed by atoms with E-state index in [1.54, 1.807) is 0 Å². The first-order chi connectivity index (χ1) is 9.28. The van der Waals surface area contributed by atoms with Gasteiger partial charge < -0.3 is 10.6 Å². The lowest BCUT2D eigenvalue weighted by Crippen LogP contribution is -2.00. The van der Waals surface area contributed by atoms with Crippen molar-refractivity contribution in [2.75, 3.05) is 17.7 Å². The molecule has 19 heavy (non-hydrogen) atoms. The number of aryl methyl sites for hydroxylation is 2. The summed E-state index contributed by atoms with van der Waals surface area (Å²) < 4.78 is 0. The number of rotatable bonds is 5. The third-order valence-electron chi connectivity index (χ3n) is 3.42. The van der Waals surface area contributed by atoms with Crippen LogP contribution in [0.1, 0.15) is 25.0 Å². The molecule has 2 aromatic carbocycles. The zero-order valence-corrected chi connectivity index (χ0v) is 12.0. The maximum Gasteiger partial charge on any atom is 0.0449 e. The van der Waals surface area contributed by atoms with Crippen molar-refractivity contribution in [1.82, 2.24) is 0 Å². The summed E-state index contributed by atoms with van der Waals surface area (Å²) in [5.74, 6) is 0. The molecule has 0 aliphatic carbocycles. The van der Waals surface area contributed by atoms with Gasteiger partial charge in [0.25, 0.3) is 0 Å². The second kappa shape index (κ2) is 6.28. The highest BCUT2D eigenvalue weighted by Gasteiger charge is 2.06. The topological polar surface area (TPSA) is 24.1 Å². The Morgan fingerprint density at radius 1 is 0.842 bits per heavy atom. The molecule has 0 heterocycles. The molecule has 0 saturated heterocycles. The fourth-order valence-electron chi connectivity index (χ4n) is 2.30. The number of hydrogen-bond donors (Lipinski definition) is 2. The van der Waals surface area contributed by atoms with E-state index >= 15 is 0 Å². The predicted molar refractivity (Wildman–Crippen MR) is 84.5 cm³/mol. The maximum atomic E-state index is 3.58. The van der Waals surface area contributed by atoms with Gasteiger partial charge in [-0.05, 0) is 42.2 Å². The van der Waals surface area contributed by atoms with Crippen LogP contribution in [-0.2, 0) is 12.8 Å². The third kappa shape index (κ3) is 3.08. The van der Waals surface area contributed by atoms with Gasteiger partial charge in [-0.2, -0.15) is 0 Å². The van der Waals surface area contributed by atoms with Crippen LogP contribution in [0.3, 0.4) is 0 Å². The molecule has 2 nitrogen and oxygen atoms in total. The maximum absolute atomic E-state index is 3.58. The molecule has 100 valence electrons. The second-order valence-electron chi connectivity index (χ2n) is 4.61. The summed E-state index contributed by atoms with van der Waals surface area (Å²) in [6, 6.07) is 14.9. The Kier molecular flexibility index (Phi) is 4.45. The Labute approximate surface area is 115 Å². The van der Waals surface area contributed by atoms with E-state index < -0.39 is 0 Å². The lowest BCUT2D eigenvalue weighted by molar-refractivity contribution is 1.09. The molecule has 0 unspecified atom stereocenters. The average molecular weight is 254 g/mol. The van der Waals surface area contributed by atoms with Gasteiger partial charge in [0.05, 0.1) is 0 Å². The standard InChI is InChI=1S/C17H22N2/c1-4-13-8-6-9-14(5-2)17(13)19-16-11-7-10-15(12-16)18-3/h6-12,18-19H,4-5H2,1-3H3. The molecule has 2 N–H and O–H groups in total. The summed E-state index contributed by atoms with van der Waals surface area (Å²) in [5.41, 5.74) is 6.25. The highest BCUT2D eigenvalue weighted by atomic mass is 14.9. The minimum atomic E-state index is 1.04. The zero-order valence-electron chi connectivity index (χ0n) is 12.0. The minimum Gasteiger partial charge on any atom is -0.388 e. The van der Waals surface area contributed by atoms with Crippen molar-refractivity contribution in [3.63, 3.8) is 0 Å². The van der Waals surface area contributed by atoms with E-state index in [0.717, 1.165) is 24.2 Å². The number of para-hydroxylation sites is 1. The minimum absolute atomic E-state index is 1.04. The molecule has 0 atom stereocenters. The van der Waals surface area contributed by atoms with E-state index in [1.807, 2.05) is 7.05 Å². The predicted octanol–water partition coefficient (Wildman–Crippen LogP) is 4.60. The van der Waals surface area contributed by atoms with Crippen molar-refractivity contribution in [1.29, 1.82) is 0 Å². The summed E-state index contributed by atoms with van der Waals surface area (Å²) in [6.45, 7) is 4.40. The summed E-state index contributed by atoms with van der Waals surface area (Å²) in [4.78, 5) is 0. The van der Waals surface area contributed by atoms with Crippen LogP contribution in [-0.4, -0.2) is 7.05 Å². The van der Waals surface area contributed by atoms with E-state index in [9.17, 15) is 0 Å². The van der Waals surface area contributed by atoms with Crippen molar-refractivity contribution in [2.24, 2.45) is 0 Å². The van der Waals surface area contributed by atoms with Crippen LogP contribution in [0.5, 0.6) is 0 Å². The molecule has 0 aliphatic heterocycles. The van der Waals surface area contributed by atoms with Gasteiger partial charge in [-0.1, -0.05) is 38.1 Å². The normalized spacial score (nSPS) is 10.3. The molecule has 0 spiro atoms. The van der Waals surface area contributed by atoms with Gasteiger partial charge in [-0.25, -0.2) is 0 Å². The molecule has 0 amide bonds. The van der Waals surface area contributed by atoms with Gasteiger partial charge in [0.15, 0.2) is 0 Å². The molecular formula is C17H22N2. The molecule has 0 aliphatic rings. The van der Waals surface area contributed by atoms with E-state index in [2.05, 4.69) is 66.9 Å². The van der Waals surface area contributed by atoms with Crippen molar-refractivity contribution >= 4 is 17.1 Å². The fourth-order valence-corrected chi connectivity index (χ4v) is 2.30. The Morgan fingerprint density at radius 2 is 1.42 bits per heavy atom. The van der Waals surface area contributed by atoms with Crippen molar-refractivity contribution in [3.8, 4) is 0 Å². The monoisotopic (exact) mass is 254 g/mol. The van der Waals surface area contributed by atoms with Crippen LogP contribution in [0.15, 0.2) is 42.5 Å². The van der Waals surface area contributed by atoms with Crippen LogP contribution in [0.25, 0.3) is 0 Å². The van der Waals surface area contributed by atoms with Crippen LogP contribution < -0.4 is 10.6 Å². The summed E-state index contributed by atoms with van der Waals surface area (Å²) in [7, 11) is 1.94. The third-order valence-corrected chi connectivity index (χ3v) is 3.42. The molecule has 0 fully saturated rings. The molecule has 0 radical (unpaired) electrons. The van der Waals surface area contributed by atoms with Gasteiger partial charge >= 0.3 is 0 Å². The fraction of sp³-hybridized carbons (Fsp3) is 0.294. The van der Waals surface area contributed by atoms with Crippen molar-refractivity contribution in [2.45, 2.75) is 26.7 Å². The van der Waals surface area contributed by atoms with Crippen molar-refractivity contribution < 1.29 is 0 Å². The molecular weight excluding hydrogens is 232 g/mol. The van der Waals surface area contributed by atoms with Gasteiger partial charge in [-0.3, -0.25) is 0 Å². The lowest BCUT2D eigenvalue weighted by atomic mass is 10.0. The average Bonchev–Trinajstić information content (AvgIpc) is 2.47. The van der Waals surface area contributed by atoms with E-state index in [0.29, 0.717) is 0 Å². The Bertz CT molecular complexity index is 524. The van der Waals surface area contributed by atoms with Crippen LogP contribution in [0, 0.1) is 0 Å². The molecule has 2 rings (SSSR count). The number of hydrogen-bond acceptors (Lipinski definition) is 2. The number of nitrogens with one attached hydrogen (secondary N) is 2. The zero-order chi connectivity index (χ0) is 13.7. The smallest absolute Gasteiger partial charge is 0.0449 e. The van der Waals surface area contributed by atoms with Crippen LogP contribution in [0.2, 0.25) is 0 Å². The highest BCUT2D eigenvalue weighted by molar-refractivity contribution is 5.69. The molecule has 2 aromatic rings. The summed E-state index contributed by atoms with van der Waals surface area (Å²) in [6.07, 6.45) is 2.09. The Balaban J connectivity index is 2.36.